The number of nitrogens with two attached hydrogens (primary N) is 1. The topological polar surface area (TPSA) is 115 Å². The van der Waals surface area contributed by atoms with E-state index in [0.717, 1.165) is 12.4 Å². The van der Waals surface area contributed by atoms with Crippen LogP contribution >= 0.6 is 11.6 Å². The molecular weight excluding hydrogens is 316 g/mol. The van der Waals surface area contributed by atoms with Gasteiger partial charge in [0.2, 0.25) is 21.2 Å². The number of halogens is 1. The van der Waals surface area contributed by atoms with Crippen LogP contribution in [0.15, 0.2) is 41.6 Å². The first-order valence-electron chi connectivity index (χ1n) is 5.74. The van der Waals surface area contributed by atoms with Crippen LogP contribution in [0.4, 0.5) is 0 Å². The molecule has 0 bridgehead atoms. The zero-order valence-corrected chi connectivity index (χ0v) is 12.2. The van der Waals surface area contributed by atoms with Crippen molar-refractivity contribution in [3.8, 4) is 0 Å². The Kier molecular flexibility index (Phi) is 4.51. The van der Waals surface area contributed by atoms with Gasteiger partial charge in [-0.3, -0.25) is 4.79 Å². The number of hydrogen-bond donors (Lipinski definition) is 2. The number of nitrogens with one attached hydrogen (secondary N) is 1. The van der Waals surface area contributed by atoms with Crippen LogP contribution in [0.5, 0.6) is 0 Å². The van der Waals surface area contributed by atoms with E-state index >= 15 is 0 Å². The molecule has 0 aliphatic heterocycles. The fourth-order valence-corrected chi connectivity index (χ4v) is 2.54. The number of rotatable bonds is 5. The molecule has 2 rings (SSSR count). The fraction of sp³-hybridized carbons (Fsp3) is 0.0833. The minimum absolute atomic E-state index is 0.00603. The normalized spacial score (nSPS) is 11.3. The summed E-state index contributed by atoms with van der Waals surface area (Å²) < 4.78 is 26.4. The molecule has 1 heterocycles. The van der Waals surface area contributed by atoms with Crippen molar-refractivity contribution < 1.29 is 13.2 Å². The molecule has 0 unspecified atom stereocenters. The number of aromatic nitrogens is 2. The van der Waals surface area contributed by atoms with Gasteiger partial charge in [0.25, 0.3) is 0 Å². The molecule has 0 saturated heterocycles. The second kappa shape index (κ2) is 6.17. The second-order valence-corrected chi connectivity index (χ2v) is 6.18. The summed E-state index contributed by atoms with van der Waals surface area (Å²) >= 11 is 5.50. The largest absolute Gasteiger partial charge is 0.366 e. The summed E-state index contributed by atoms with van der Waals surface area (Å²) in [5.74, 6) is -0.578. The Bertz CT molecular complexity index is 762. The summed E-state index contributed by atoms with van der Waals surface area (Å²) in [6.45, 7) is 0.00603. The molecular formula is C12H11ClN4O3S. The van der Waals surface area contributed by atoms with Crippen molar-refractivity contribution in [1.82, 2.24) is 14.7 Å². The first-order valence-corrected chi connectivity index (χ1v) is 7.60. The van der Waals surface area contributed by atoms with E-state index in [9.17, 15) is 13.2 Å². The number of carbonyl (C=O) groups is 1. The molecule has 21 heavy (non-hydrogen) atoms. The lowest BCUT2D eigenvalue weighted by molar-refractivity contribution is 0.1000. The lowest BCUT2D eigenvalue weighted by atomic mass is 10.1. The summed E-state index contributed by atoms with van der Waals surface area (Å²) in [6, 6.07) is 6.36. The number of primary amides is 1. The molecule has 1 aromatic carbocycles. The maximum Gasteiger partial charge on any atom is 0.248 e. The fourth-order valence-electron chi connectivity index (χ4n) is 1.54. The molecule has 7 nitrogen and oxygen atoms in total. The van der Waals surface area contributed by atoms with Gasteiger partial charge >= 0.3 is 0 Å². The SMILES string of the molecule is NC(=O)c1cccc(CNS(=O)(=O)c2cnc(Cl)nc2)c1. The van der Waals surface area contributed by atoms with Crippen LogP contribution in [0.3, 0.4) is 0 Å². The molecule has 0 aliphatic carbocycles. The highest BCUT2D eigenvalue weighted by Crippen LogP contribution is 2.10. The summed E-state index contributed by atoms with van der Waals surface area (Å²) in [5, 5.41) is -0.0388. The molecule has 110 valence electrons. The minimum atomic E-state index is -3.76. The van der Waals surface area contributed by atoms with Crippen LogP contribution in [-0.2, 0) is 16.6 Å². The van der Waals surface area contributed by atoms with E-state index < -0.39 is 15.9 Å². The van der Waals surface area contributed by atoms with Gasteiger partial charge in [-0.05, 0) is 29.3 Å². The third-order valence-corrected chi connectivity index (χ3v) is 4.14. The third-order valence-electron chi connectivity index (χ3n) is 2.58. The molecule has 0 aliphatic rings. The Balaban J connectivity index is 2.13. The highest BCUT2D eigenvalue weighted by atomic mass is 35.5. The quantitative estimate of drug-likeness (QED) is 0.785. The first kappa shape index (κ1) is 15.4. The molecule has 0 spiro atoms. The van der Waals surface area contributed by atoms with Crippen LogP contribution in [-0.4, -0.2) is 24.3 Å². The van der Waals surface area contributed by atoms with Gasteiger partial charge in [0, 0.05) is 12.1 Å². The Labute approximate surface area is 126 Å². The zero-order valence-electron chi connectivity index (χ0n) is 10.7. The van der Waals surface area contributed by atoms with Gasteiger partial charge in [0.1, 0.15) is 4.90 Å². The molecule has 0 atom stereocenters. The molecule has 0 fully saturated rings. The summed E-state index contributed by atoms with van der Waals surface area (Å²) in [5.41, 5.74) is 6.07. The first-order chi connectivity index (χ1) is 9.88. The number of sulfonamides is 1. The molecule has 2 aromatic rings. The Morgan fingerprint density at radius 2 is 1.95 bits per heavy atom. The van der Waals surface area contributed by atoms with E-state index in [1.165, 1.54) is 6.07 Å². The van der Waals surface area contributed by atoms with Crippen molar-refractivity contribution in [2.45, 2.75) is 11.4 Å². The van der Waals surface area contributed by atoms with E-state index in [4.69, 9.17) is 17.3 Å². The number of hydrogen-bond acceptors (Lipinski definition) is 5. The van der Waals surface area contributed by atoms with E-state index in [0.29, 0.717) is 11.1 Å². The molecule has 0 radical (unpaired) electrons. The van der Waals surface area contributed by atoms with Crippen LogP contribution in [0.2, 0.25) is 5.28 Å². The van der Waals surface area contributed by atoms with Gasteiger partial charge in [0.15, 0.2) is 0 Å². The number of benzene rings is 1. The predicted molar refractivity (Wildman–Crippen MR) is 76.0 cm³/mol. The summed E-state index contributed by atoms with van der Waals surface area (Å²) in [4.78, 5) is 18.2. The van der Waals surface area contributed by atoms with Gasteiger partial charge in [-0.1, -0.05) is 12.1 Å². The van der Waals surface area contributed by atoms with E-state index in [1.54, 1.807) is 18.2 Å². The average molecular weight is 327 g/mol. The second-order valence-electron chi connectivity index (χ2n) is 4.08. The van der Waals surface area contributed by atoms with Gasteiger partial charge in [-0.15, -0.1) is 0 Å². The highest BCUT2D eigenvalue weighted by Gasteiger charge is 2.15. The number of carbonyl (C=O) groups excluding carboxylic acids is 1. The van der Waals surface area contributed by atoms with Crippen LogP contribution in [0.1, 0.15) is 15.9 Å². The number of amides is 1. The van der Waals surface area contributed by atoms with Gasteiger partial charge in [0.05, 0.1) is 12.4 Å². The van der Waals surface area contributed by atoms with Gasteiger partial charge in [-0.2, -0.15) is 0 Å². The van der Waals surface area contributed by atoms with E-state index in [1.807, 2.05) is 0 Å². The van der Waals surface area contributed by atoms with E-state index in [-0.39, 0.29) is 16.7 Å². The lowest BCUT2D eigenvalue weighted by Crippen LogP contribution is -2.23. The molecule has 1 amide bonds. The van der Waals surface area contributed by atoms with Crippen molar-refractivity contribution in [2.75, 3.05) is 0 Å². The molecule has 3 N–H and O–H groups in total. The standard InChI is InChI=1S/C12H11ClN4O3S/c13-12-15-6-10(7-16-12)21(19,20)17-5-8-2-1-3-9(4-8)11(14)18/h1-4,6-7,17H,5H2,(H2,14,18). The Hall–Kier alpha value is -2.03. The monoisotopic (exact) mass is 326 g/mol. The minimum Gasteiger partial charge on any atom is -0.366 e. The smallest absolute Gasteiger partial charge is 0.248 e. The maximum atomic E-state index is 12.0. The average Bonchev–Trinajstić information content (AvgIpc) is 2.46. The van der Waals surface area contributed by atoms with E-state index in [2.05, 4.69) is 14.7 Å². The third kappa shape index (κ3) is 3.97. The van der Waals surface area contributed by atoms with Gasteiger partial charge in [-0.25, -0.2) is 23.1 Å². The van der Waals surface area contributed by atoms with Crippen LogP contribution in [0, 0.1) is 0 Å². The van der Waals surface area contributed by atoms with Gasteiger partial charge < -0.3 is 5.73 Å². The van der Waals surface area contributed by atoms with Crippen molar-refractivity contribution >= 4 is 27.5 Å². The molecule has 9 heteroatoms. The lowest BCUT2D eigenvalue weighted by Gasteiger charge is -2.07. The van der Waals surface area contributed by atoms with Crippen LogP contribution in [0.25, 0.3) is 0 Å². The van der Waals surface area contributed by atoms with Crippen molar-refractivity contribution in [3.05, 3.63) is 53.1 Å². The molecule has 1 aromatic heterocycles. The van der Waals surface area contributed by atoms with Crippen molar-refractivity contribution in [2.24, 2.45) is 5.73 Å². The van der Waals surface area contributed by atoms with Crippen molar-refractivity contribution in [3.63, 3.8) is 0 Å². The highest BCUT2D eigenvalue weighted by molar-refractivity contribution is 7.89. The van der Waals surface area contributed by atoms with Crippen LogP contribution < -0.4 is 10.5 Å². The predicted octanol–water partition coefficient (Wildman–Crippen LogP) is 0.707. The Morgan fingerprint density at radius 3 is 2.57 bits per heavy atom. The summed E-state index contributed by atoms with van der Waals surface area (Å²) in [7, 11) is -3.76. The number of nitrogens with zero attached hydrogens (tertiary/aromatic N) is 2. The Morgan fingerprint density at radius 1 is 1.29 bits per heavy atom. The zero-order chi connectivity index (χ0) is 15.5. The maximum absolute atomic E-state index is 12.0. The molecule has 0 saturated carbocycles. The van der Waals surface area contributed by atoms with Crippen molar-refractivity contribution in [1.29, 1.82) is 0 Å². The summed E-state index contributed by atoms with van der Waals surface area (Å²) in [6.07, 6.45) is 2.22.